The monoisotopic (exact) mass is 1080 g/mol. The molecule has 1 spiro atoms. The molecule has 1 saturated heterocycles. The summed E-state index contributed by atoms with van der Waals surface area (Å²) < 4.78 is 23.7. The van der Waals surface area contributed by atoms with E-state index in [0.717, 1.165) is 58.5 Å². The van der Waals surface area contributed by atoms with E-state index in [9.17, 15) is 38.7 Å². The normalized spacial score (nSPS) is 29.9. The number of H-pyrrole nitrogens is 1. The van der Waals surface area contributed by atoms with Crippen molar-refractivity contribution in [1.29, 1.82) is 0 Å². The van der Waals surface area contributed by atoms with Gasteiger partial charge in [0.2, 0.25) is 5.60 Å². The van der Waals surface area contributed by atoms with E-state index in [-0.39, 0.29) is 17.9 Å². The molecule has 2 fully saturated rings. The lowest BCUT2D eigenvalue weighted by Gasteiger charge is -2.63. The molecule has 24 nitrogen and oxygen atoms in total. The summed E-state index contributed by atoms with van der Waals surface area (Å²) >= 11 is 0. The molecule has 24 heteroatoms. The fourth-order valence-electron chi connectivity index (χ4n) is 13.3. The van der Waals surface area contributed by atoms with E-state index in [1.807, 2.05) is 37.1 Å². The van der Waals surface area contributed by atoms with Crippen molar-refractivity contribution in [3.8, 4) is 5.75 Å². The fraction of sp³-hybridized carbons (Fsp3) is 0.528. The highest BCUT2D eigenvalue weighted by molar-refractivity contribution is 5.90. The molecule has 14 unspecified atom stereocenters. The highest BCUT2D eigenvalue weighted by atomic mass is 16.6. The standard InChI is InChI=1S/C45H54N4O8.2C4H6O6/c1-8-26-19-27-23-48(22-26)24-30-28-13-10-11-14-32(28)46-37(30)36(38(51)55-6)35(27)29-20-31-33(21-34(29)54-5)47(4)40-44(31)16-18-49-17-12-15-43(9-2,39(44)49)41(57-25(3)50)45(40,53)42(52)56-7;2*5-1(3(7)8)2(6)4(9)10/h10-15,19-21,27,35-36,39-41,46,53H,8-9,16-18,22-24H2,1-7H3;2*1-2,5-6H,(H,7,8)(H,9,10). The molecule has 0 amide bonds. The average molecular weight is 1080 g/mol. The van der Waals surface area contributed by atoms with Crippen molar-refractivity contribution in [2.75, 3.05) is 59.5 Å². The highest BCUT2D eigenvalue weighted by Crippen LogP contribution is 2.68. The van der Waals surface area contributed by atoms with Crippen molar-refractivity contribution in [2.45, 2.75) is 112 Å². The van der Waals surface area contributed by atoms with Crippen LogP contribution in [0.1, 0.15) is 74.3 Å². The zero-order valence-corrected chi connectivity index (χ0v) is 43.5. The smallest absolute Gasteiger partial charge is 0.344 e. The van der Waals surface area contributed by atoms with Gasteiger partial charge in [-0.25, -0.2) is 24.0 Å². The van der Waals surface area contributed by atoms with Crippen LogP contribution in [-0.4, -0.2) is 205 Å². The first kappa shape index (κ1) is 57.8. The molecule has 5 aliphatic heterocycles. The van der Waals surface area contributed by atoms with Crippen LogP contribution in [0, 0.1) is 11.3 Å². The maximum Gasteiger partial charge on any atom is 0.344 e. The molecule has 1 aliphatic carbocycles. The number of para-hydroxylation sites is 1. The van der Waals surface area contributed by atoms with Crippen LogP contribution >= 0.6 is 0 Å². The summed E-state index contributed by atoms with van der Waals surface area (Å²) in [7, 11) is 6.29. The molecular weight excluding hydrogens is 1010 g/mol. The summed E-state index contributed by atoms with van der Waals surface area (Å²) in [5, 5.41) is 79.4. The van der Waals surface area contributed by atoms with E-state index in [1.165, 1.54) is 26.7 Å². The number of esters is 3. The van der Waals surface area contributed by atoms with Crippen LogP contribution in [0.15, 0.2) is 60.2 Å². The van der Waals surface area contributed by atoms with Crippen molar-refractivity contribution < 1.29 is 98.5 Å². The van der Waals surface area contributed by atoms with Crippen LogP contribution in [-0.2, 0) is 59.7 Å². The Labute approximate surface area is 441 Å². The lowest BCUT2D eigenvalue weighted by Crippen LogP contribution is -2.81. The minimum atomic E-state index is -2.27. The topological polar surface area (TPSA) is 364 Å². The van der Waals surface area contributed by atoms with Gasteiger partial charge in [-0.15, -0.1) is 0 Å². The van der Waals surface area contributed by atoms with Crippen molar-refractivity contribution >= 4 is 58.4 Å². The number of likely N-dealkylation sites (N-methyl/N-ethyl adjacent to an activating group) is 1. The molecule has 10 N–H and O–H groups in total. The quantitative estimate of drug-likeness (QED) is 0.0640. The molecular formula is C53H66N4O20. The third-order valence-corrected chi connectivity index (χ3v) is 16.3. The summed E-state index contributed by atoms with van der Waals surface area (Å²) in [4.78, 5) is 91.5. The van der Waals surface area contributed by atoms with Gasteiger partial charge in [0.05, 0.1) is 27.4 Å². The lowest BCUT2D eigenvalue weighted by molar-refractivity contribution is -0.228. The number of carboxylic acids is 4. The Morgan fingerprint density at radius 1 is 0.831 bits per heavy atom. The largest absolute Gasteiger partial charge is 0.496 e. The number of benzene rings is 2. The van der Waals surface area contributed by atoms with Gasteiger partial charge in [-0.05, 0) is 60.5 Å². The molecule has 14 atom stereocenters. The number of aliphatic carboxylic acids is 4. The van der Waals surface area contributed by atoms with Gasteiger partial charge >= 0.3 is 41.8 Å². The number of carbonyl (C=O) groups is 7. The molecule has 77 heavy (non-hydrogen) atoms. The maximum atomic E-state index is 14.5. The number of fused-ring (bicyclic) bond motifs is 6. The minimum Gasteiger partial charge on any atom is -0.496 e. The molecule has 6 aliphatic rings. The second-order valence-corrected chi connectivity index (χ2v) is 20.2. The van der Waals surface area contributed by atoms with Gasteiger partial charge in [-0.1, -0.05) is 55.8 Å². The number of aliphatic hydroxyl groups is 5. The zero-order chi connectivity index (χ0) is 56.8. The number of anilines is 1. The van der Waals surface area contributed by atoms with Crippen molar-refractivity contribution in [2.24, 2.45) is 11.3 Å². The average Bonchev–Trinajstić information content (AvgIpc) is 4.21. The number of aromatic amines is 1. The molecule has 1 saturated carbocycles. The number of carboxylic acid groups (broad SMARTS) is 4. The van der Waals surface area contributed by atoms with Crippen molar-refractivity contribution in [1.82, 2.24) is 14.8 Å². The number of aromatic nitrogens is 1. The van der Waals surface area contributed by atoms with E-state index in [4.69, 9.17) is 59.8 Å². The summed E-state index contributed by atoms with van der Waals surface area (Å²) in [6, 6.07) is 11.4. The van der Waals surface area contributed by atoms with Gasteiger partial charge < -0.3 is 74.8 Å². The van der Waals surface area contributed by atoms with Crippen LogP contribution in [0.2, 0.25) is 0 Å². The number of methoxy groups -OCH3 is 3. The third-order valence-electron chi connectivity index (χ3n) is 16.3. The Balaban J connectivity index is 0.000000365. The summed E-state index contributed by atoms with van der Waals surface area (Å²) in [5.41, 5.74) is 2.91. The Hall–Kier alpha value is -6.93. The Kier molecular flexibility index (Phi) is 16.7. The summed E-state index contributed by atoms with van der Waals surface area (Å²) in [5.74, 6) is -9.40. The van der Waals surface area contributed by atoms with Crippen molar-refractivity contribution in [3.63, 3.8) is 0 Å². The summed E-state index contributed by atoms with van der Waals surface area (Å²) in [6.07, 6.45) is -1.74. The van der Waals surface area contributed by atoms with Gasteiger partial charge in [0.25, 0.3) is 0 Å². The predicted molar refractivity (Wildman–Crippen MR) is 269 cm³/mol. The number of rotatable bonds is 13. The van der Waals surface area contributed by atoms with E-state index in [1.54, 1.807) is 7.11 Å². The number of aliphatic hydroxyl groups excluding tert-OH is 4. The molecule has 6 heterocycles. The van der Waals surface area contributed by atoms with E-state index in [0.29, 0.717) is 38.2 Å². The maximum absolute atomic E-state index is 14.5. The zero-order valence-electron chi connectivity index (χ0n) is 43.5. The SMILES string of the molecule is CCC1=CC2CN(C1)Cc1c([nH]c3ccccc13)C(C(=O)OC)C2c1cc2c(cc1OC)N(C)C1C(O)(C(=O)OC)C(OC(C)=O)C3(CC)C=CCN4CCC21C43.O=C(O)C(O)C(O)C(=O)O.O=C(O)C(O)C(O)C(=O)O. The van der Waals surface area contributed by atoms with Crippen LogP contribution < -0.4 is 9.64 Å². The third kappa shape index (κ3) is 9.58. The number of nitrogens with zero attached hydrogens (tertiary/aromatic N) is 3. The Morgan fingerprint density at radius 2 is 1.44 bits per heavy atom. The molecule has 2 aromatic carbocycles. The first-order valence-electron chi connectivity index (χ1n) is 24.9. The number of ether oxygens (including phenoxy) is 4. The van der Waals surface area contributed by atoms with Gasteiger partial charge in [0, 0.05) is 91.3 Å². The Morgan fingerprint density at radius 3 is 1.97 bits per heavy atom. The van der Waals surface area contributed by atoms with E-state index in [2.05, 4.69) is 58.1 Å². The molecule has 3 aromatic rings. The predicted octanol–water partition coefficient (Wildman–Crippen LogP) is 0.700. The second kappa shape index (κ2) is 22.2. The van der Waals surface area contributed by atoms with Crippen LogP contribution in [0.4, 0.5) is 5.69 Å². The first-order valence-corrected chi connectivity index (χ1v) is 24.9. The van der Waals surface area contributed by atoms with Crippen molar-refractivity contribution in [3.05, 3.63) is 82.6 Å². The number of hydrogen-bond acceptors (Lipinski definition) is 19. The molecule has 0 radical (unpaired) electrons. The highest BCUT2D eigenvalue weighted by Gasteiger charge is 2.80. The Bertz CT molecular complexity index is 2810. The summed E-state index contributed by atoms with van der Waals surface area (Å²) in [6.45, 7) is 9.22. The fourth-order valence-corrected chi connectivity index (χ4v) is 13.3. The number of nitrogens with one attached hydrogen (secondary N) is 1. The van der Waals surface area contributed by atoms with Crippen LogP contribution in [0.5, 0.6) is 5.75 Å². The first-order chi connectivity index (χ1) is 36.4. The van der Waals surface area contributed by atoms with E-state index < -0.39 is 101 Å². The van der Waals surface area contributed by atoms with E-state index >= 15 is 0 Å². The molecule has 9 rings (SSSR count). The van der Waals surface area contributed by atoms with Crippen LogP contribution in [0.25, 0.3) is 10.9 Å². The van der Waals surface area contributed by atoms with Gasteiger partial charge in [0.1, 0.15) is 11.7 Å². The molecule has 418 valence electrons. The van der Waals surface area contributed by atoms with Gasteiger partial charge in [-0.2, -0.15) is 0 Å². The molecule has 1 aromatic heterocycles. The number of hydrogen-bond donors (Lipinski definition) is 10. The van der Waals surface area contributed by atoms with Gasteiger partial charge in [-0.3, -0.25) is 19.4 Å². The van der Waals surface area contributed by atoms with Gasteiger partial charge in [0.15, 0.2) is 30.5 Å². The second-order valence-electron chi connectivity index (χ2n) is 20.2. The minimum absolute atomic E-state index is 0.0733. The lowest BCUT2D eigenvalue weighted by atomic mass is 9.47. The molecule has 2 bridgehead atoms. The van der Waals surface area contributed by atoms with Crippen LogP contribution in [0.3, 0.4) is 0 Å². The number of carbonyl (C=O) groups excluding carboxylic acids is 3.